The fourth-order valence-electron chi connectivity index (χ4n) is 7.13. The van der Waals surface area contributed by atoms with E-state index < -0.39 is 0 Å². The number of aromatic nitrogens is 2. The van der Waals surface area contributed by atoms with Crippen LogP contribution in [-0.2, 0) is 0 Å². The highest BCUT2D eigenvalue weighted by Gasteiger charge is 2.17. The minimum absolute atomic E-state index is 0.956. The molecule has 9 aromatic rings. The number of rotatable bonds is 7. The Hall–Kier alpha value is -6.84. The fraction of sp³-hybridized carbons (Fsp3) is 0. The van der Waals surface area contributed by atoms with E-state index in [0.29, 0.717) is 0 Å². The summed E-state index contributed by atoms with van der Waals surface area (Å²) in [5.41, 5.74) is 13.6. The SMILES string of the molecule is C=C(c1ccccc1)c1ccc2ccccc2c1Nc1cc(-c2ccc(-c3ccccn3)cc2)cc(-c2c3ccccc3nc3ccccc23)c1. The first-order valence-corrected chi connectivity index (χ1v) is 17.2. The second kappa shape index (κ2) is 12.9. The first kappa shape index (κ1) is 30.2. The normalized spacial score (nSPS) is 11.2. The van der Waals surface area contributed by atoms with Gasteiger partial charge in [0.25, 0.3) is 0 Å². The third-order valence-electron chi connectivity index (χ3n) is 9.63. The number of hydrogen-bond acceptors (Lipinski definition) is 3. The summed E-state index contributed by atoms with van der Waals surface area (Å²) in [5.74, 6) is 0. The average molecular weight is 652 g/mol. The van der Waals surface area contributed by atoms with E-state index in [1.54, 1.807) is 0 Å². The predicted molar refractivity (Wildman–Crippen MR) is 215 cm³/mol. The molecule has 1 N–H and O–H groups in total. The van der Waals surface area contributed by atoms with Gasteiger partial charge in [0.05, 0.1) is 22.4 Å². The first-order chi connectivity index (χ1) is 25.2. The van der Waals surface area contributed by atoms with E-state index in [9.17, 15) is 0 Å². The van der Waals surface area contributed by atoms with Crippen LogP contribution in [0.2, 0.25) is 0 Å². The van der Waals surface area contributed by atoms with Gasteiger partial charge in [-0.2, -0.15) is 0 Å². The molecule has 51 heavy (non-hydrogen) atoms. The van der Waals surface area contributed by atoms with Crippen LogP contribution in [-0.4, -0.2) is 9.97 Å². The topological polar surface area (TPSA) is 37.8 Å². The van der Waals surface area contributed by atoms with Gasteiger partial charge in [0.1, 0.15) is 0 Å². The number of nitrogens with zero attached hydrogens (tertiary/aromatic N) is 2. The lowest BCUT2D eigenvalue weighted by Gasteiger charge is -2.20. The van der Waals surface area contributed by atoms with E-state index in [-0.39, 0.29) is 0 Å². The molecule has 0 aliphatic heterocycles. The molecule has 2 heterocycles. The largest absolute Gasteiger partial charge is 0.354 e. The van der Waals surface area contributed by atoms with Crippen molar-refractivity contribution < 1.29 is 0 Å². The number of benzene rings is 7. The van der Waals surface area contributed by atoms with Gasteiger partial charge in [0.15, 0.2) is 0 Å². The number of para-hydroxylation sites is 2. The zero-order valence-electron chi connectivity index (χ0n) is 27.9. The van der Waals surface area contributed by atoms with Gasteiger partial charge in [0.2, 0.25) is 0 Å². The van der Waals surface area contributed by atoms with E-state index in [0.717, 1.165) is 94.2 Å². The van der Waals surface area contributed by atoms with E-state index in [4.69, 9.17) is 4.98 Å². The Kier molecular flexibility index (Phi) is 7.64. The van der Waals surface area contributed by atoms with Gasteiger partial charge < -0.3 is 5.32 Å². The molecule has 0 amide bonds. The van der Waals surface area contributed by atoms with E-state index in [1.807, 2.05) is 30.5 Å². The van der Waals surface area contributed by atoms with Gasteiger partial charge in [0, 0.05) is 44.7 Å². The van der Waals surface area contributed by atoms with E-state index in [2.05, 4.69) is 169 Å². The zero-order valence-corrected chi connectivity index (χ0v) is 27.9. The van der Waals surface area contributed by atoms with Crippen LogP contribution in [0.25, 0.3) is 71.7 Å². The third kappa shape index (κ3) is 5.71. The second-order valence-corrected chi connectivity index (χ2v) is 12.8. The van der Waals surface area contributed by atoms with Crippen molar-refractivity contribution in [3.8, 4) is 33.5 Å². The molecule has 0 saturated carbocycles. The molecule has 0 spiro atoms. The van der Waals surface area contributed by atoms with Gasteiger partial charge in [-0.3, -0.25) is 4.98 Å². The molecule has 240 valence electrons. The average Bonchev–Trinajstić information content (AvgIpc) is 3.20. The van der Waals surface area contributed by atoms with E-state index in [1.165, 1.54) is 0 Å². The van der Waals surface area contributed by atoms with Crippen molar-refractivity contribution in [3.63, 3.8) is 0 Å². The molecule has 7 aromatic carbocycles. The smallest absolute Gasteiger partial charge is 0.0715 e. The number of pyridine rings is 2. The summed E-state index contributed by atoms with van der Waals surface area (Å²) < 4.78 is 0. The van der Waals surface area contributed by atoms with Gasteiger partial charge >= 0.3 is 0 Å². The maximum atomic E-state index is 5.04. The van der Waals surface area contributed by atoms with Crippen molar-refractivity contribution in [3.05, 3.63) is 200 Å². The van der Waals surface area contributed by atoms with Gasteiger partial charge in [-0.05, 0) is 75.7 Å². The highest BCUT2D eigenvalue weighted by Crippen LogP contribution is 2.41. The Morgan fingerprint density at radius 2 is 1.12 bits per heavy atom. The van der Waals surface area contributed by atoms with Crippen LogP contribution in [0.3, 0.4) is 0 Å². The molecule has 0 atom stereocenters. The van der Waals surface area contributed by atoms with Crippen LogP contribution in [0.5, 0.6) is 0 Å². The number of hydrogen-bond donors (Lipinski definition) is 1. The summed E-state index contributed by atoms with van der Waals surface area (Å²) in [6.07, 6.45) is 1.84. The van der Waals surface area contributed by atoms with E-state index >= 15 is 0 Å². The molecule has 2 aromatic heterocycles. The minimum atomic E-state index is 0.956. The van der Waals surface area contributed by atoms with Crippen molar-refractivity contribution in [1.82, 2.24) is 9.97 Å². The first-order valence-electron chi connectivity index (χ1n) is 17.2. The molecule has 0 saturated heterocycles. The molecule has 3 heteroatoms. The predicted octanol–water partition coefficient (Wildman–Crippen LogP) is 12.7. The van der Waals surface area contributed by atoms with Crippen LogP contribution >= 0.6 is 0 Å². The number of fused-ring (bicyclic) bond motifs is 3. The summed E-state index contributed by atoms with van der Waals surface area (Å²) in [6.45, 7) is 4.58. The van der Waals surface area contributed by atoms with Crippen molar-refractivity contribution >= 4 is 49.5 Å². The van der Waals surface area contributed by atoms with Crippen molar-refractivity contribution in [2.75, 3.05) is 5.32 Å². The van der Waals surface area contributed by atoms with Crippen LogP contribution in [0.4, 0.5) is 11.4 Å². The van der Waals surface area contributed by atoms with Crippen molar-refractivity contribution in [2.45, 2.75) is 0 Å². The lowest BCUT2D eigenvalue weighted by Crippen LogP contribution is -1.99. The monoisotopic (exact) mass is 651 g/mol. The molecule has 0 aliphatic rings. The van der Waals surface area contributed by atoms with Crippen LogP contribution in [0.1, 0.15) is 11.1 Å². The maximum absolute atomic E-state index is 5.04. The van der Waals surface area contributed by atoms with Crippen molar-refractivity contribution in [2.24, 2.45) is 0 Å². The summed E-state index contributed by atoms with van der Waals surface area (Å²) in [5, 5.41) is 8.47. The molecule has 0 fully saturated rings. The quantitative estimate of drug-likeness (QED) is 0.174. The summed E-state index contributed by atoms with van der Waals surface area (Å²) in [6, 6.07) is 61.7. The van der Waals surface area contributed by atoms with Gasteiger partial charge in [-0.1, -0.05) is 140 Å². The Labute approximate surface area is 297 Å². The Balaban J connectivity index is 1.26. The maximum Gasteiger partial charge on any atom is 0.0715 e. The molecule has 0 unspecified atom stereocenters. The van der Waals surface area contributed by atoms with Crippen molar-refractivity contribution in [1.29, 1.82) is 0 Å². The van der Waals surface area contributed by atoms with Crippen LogP contribution < -0.4 is 5.32 Å². The van der Waals surface area contributed by atoms with Crippen LogP contribution in [0, 0.1) is 0 Å². The Morgan fingerprint density at radius 1 is 0.490 bits per heavy atom. The zero-order chi connectivity index (χ0) is 34.1. The second-order valence-electron chi connectivity index (χ2n) is 12.8. The number of nitrogens with one attached hydrogen (secondary N) is 1. The molecule has 3 nitrogen and oxygen atoms in total. The standard InChI is InChI=1S/C48H33N3/c1-32(33-13-3-2-4-14-33)40-27-26-35-15-5-6-16-41(35)48(40)50-39-30-37(34-22-24-36(25-23-34)44-19-11-12-28-49-44)29-38(31-39)47-42-17-7-9-20-45(42)51-46-21-10-8-18-43(46)47/h2-31,50H,1H2. The summed E-state index contributed by atoms with van der Waals surface area (Å²) in [7, 11) is 0. The third-order valence-corrected chi connectivity index (χ3v) is 9.63. The molecular formula is C48H33N3. The molecule has 0 bridgehead atoms. The summed E-state index contributed by atoms with van der Waals surface area (Å²) >= 11 is 0. The molecular weight excluding hydrogens is 619 g/mol. The lowest BCUT2D eigenvalue weighted by atomic mass is 9.92. The van der Waals surface area contributed by atoms with Gasteiger partial charge in [-0.25, -0.2) is 4.98 Å². The molecule has 0 radical (unpaired) electrons. The lowest BCUT2D eigenvalue weighted by molar-refractivity contribution is 1.33. The van der Waals surface area contributed by atoms with Crippen LogP contribution in [0.15, 0.2) is 189 Å². The number of anilines is 2. The highest BCUT2D eigenvalue weighted by atomic mass is 14.9. The molecule has 9 rings (SSSR count). The Bertz CT molecular complexity index is 2660. The molecule has 0 aliphatic carbocycles. The summed E-state index contributed by atoms with van der Waals surface area (Å²) in [4.78, 5) is 9.61. The van der Waals surface area contributed by atoms with Gasteiger partial charge in [-0.15, -0.1) is 0 Å². The minimum Gasteiger partial charge on any atom is -0.354 e. The Morgan fingerprint density at radius 3 is 1.84 bits per heavy atom. The fourth-order valence-corrected chi connectivity index (χ4v) is 7.13. The highest BCUT2D eigenvalue weighted by molar-refractivity contribution is 6.10.